The number of likely N-dealkylation sites (N-methyl/N-ethyl adjacent to an activating group) is 1. The van der Waals surface area contributed by atoms with Gasteiger partial charge in [0.25, 0.3) is 0 Å². The van der Waals surface area contributed by atoms with Crippen LogP contribution in [-0.2, 0) is 0 Å². The number of nitrogens with zero attached hydrogens (tertiary/aromatic N) is 1. The summed E-state index contributed by atoms with van der Waals surface area (Å²) in [4.78, 5) is 2.27. The Kier molecular flexibility index (Phi) is 6.69. The Labute approximate surface area is 107 Å². The average molecular weight is 260 g/mol. The largest absolute Gasteiger partial charge is 0.492 e. The highest BCUT2D eigenvalue weighted by atomic mass is 35.5. The molecule has 0 spiro atoms. The Morgan fingerprint density at radius 1 is 1.25 bits per heavy atom. The van der Waals surface area contributed by atoms with Gasteiger partial charge in [0.05, 0.1) is 0 Å². The lowest BCUT2D eigenvalue weighted by atomic mass is 10.3. The minimum atomic E-state index is 0.715. The molecule has 0 saturated heterocycles. The molecule has 4 heteroatoms. The molecule has 0 amide bonds. The van der Waals surface area contributed by atoms with Crippen molar-refractivity contribution in [3.8, 4) is 5.75 Å². The van der Waals surface area contributed by atoms with Gasteiger partial charge in [0, 0.05) is 23.9 Å². The summed E-state index contributed by atoms with van der Waals surface area (Å²) in [6, 6.07) is 7.47. The number of rotatable bonds is 7. The van der Waals surface area contributed by atoms with Crippen molar-refractivity contribution in [1.82, 2.24) is 4.90 Å². The van der Waals surface area contributed by atoms with Crippen molar-refractivity contribution in [3.05, 3.63) is 29.3 Å². The SMILES string of the molecule is CSCCN(C)CCOc1ccc(Cl)cc1. The first-order chi connectivity index (χ1) is 7.72. The molecular formula is C12H18ClNOS. The molecule has 90 valence electrons. The van der Waals surface area contributed by atoms with Gasteiger partial charge >= 0.3 is 0 Å². The third kappa shape index (κ3) is 5.64. The van der Waals surface area contributed by atoms with Crippen molar-refractivity contribution in [3.63, 3.8) is 0 Å². The van der Waals surface area contributed by atoms with Gasteiger partial charge in [-0.25, -0.2) is 0 Å². The molecule has 0 saturated carbocycles. The van der Waals surface area contributed by atoms with Gasteiger partial charge < -0.3 is 9.64 Å². The summed E-state index contributed by atoms with van der Waals surface area (Å²) < 4.78 is 5.60. The van der Waals surface area contributed by atoms with Crippen LogP contribution < -0.4 is 4.74 Å². The second-order valence-corrected chi connectivity index (χ2v) is 5.02. The van der Waals surface area contributed by atoms with Crippen LogP contribution in [0.2, 0.25) is 5.02 Å². The van der Waals surface area contributed by atoms with E-state index >= 15 is 0 Å². The van der Waals surface area contributed by atoms with Gasteiger partial charge in [0.1, 0.15) is 12.4 Å². The molecule has 16 heavy (non-hydrogen) atoms. The lowest BCUT2D eigenvalue weighted by molar-refractivity contribution is 0.245. The van der Waals surface area contributed by atoms with Gasteiger partial charge in [-0.15, -0.1) is 0 Å². The zero-order valence-corrected chi connectivity index (χ0v) is 11.4. The van der Waals surface area contributed by atoms with E-state index in [9.17, 15) is 0 Å². The average Bonchev–Trinajstić information content (AvgIpc) is 2.29. The van der Waals surface area contributed by atoms with Crippen molar-refractivity contribution in [2.45, 2.75) is 0 Å². The van der Waals surface area contributed by atoms with Gasteiger partial charge in [-0.2, -0.15) is 11.8 Å². The van der Waals surface area contributed by atoms with Crippen molar-refractivity contribution < 1.29 is 4.74 Å². The molecule has 0 heterocycles. The number of benzene rings is 1. The number of hydrogen-bond acceptors (Lipinski definition) is 3. The predicted molar refractivity (Wildman–Crippen MR) is 72.8 cm³/mol. The van der Waals surface area contributed by atoms with Crippen LogP contribution in [0, 0.1) is 0 Å². The summed E-state index contributed by atoms with van der Waals surface area (Å²) in [5, 5.41) is 0.740. The molecule has 0 fully saturated rings. The van der Waals surface area contributed by atoms with E-state index in [-0.39, 0.29) is 0 Å². The highest BCUT2D eigenvalue weighted by molar-refractivity contribution is 7.98. The Morgan fingerprint density at radius 2 is 1.94 bits per heavy atom. The van der Waals surface area contributed by atoms with Crippen molar-refractivity contribution in [1.29, 1.82) is 0 Å². The quantitative estimate of drug-likeness (QED) is 0.747. The third-order valence-corrected chi connectivity index (χ3v) is 3.08. The Balaban J connectivity index is 2.17. The Bertz CT molecular complexity index is 292. The fourth-order valence-electron chi connectivity index (χ4n) is 1.21. The van der Waals surface area contributed by atoms with E-state index in [1.807, 2.05) is 36.0 Å². The topological polar surface area (TPSA) is 12.5 Å². The Hall–Kier alpha value is -0.380. The van der Waals surface area contributed by atoms with Crippen LogP contribution in [0.4, 0.5) is 0 Å². The van der Waals surface area contributed by atoms with E-state index in [2.05, 4.69) is 18.2 Å². The van der Waals surface area contributed by atoms with Crippen LogP contribution in [0.25, 0.3) is 0 Å². The molecule has 0 atom stereocenters. The fourth-order valence-corrected chi connectivity index (χ4v) is 1.83. The molecule has 0 radical (unpaired) electrons. The summed E-state index contributed by atoms with van der Waals surface area (Å²) >= 11 is 7.65. The molecule has 0 aliphatic rings. The molecule has 0 aliphatic carbocycles. The standard InChI is InChI=1S/C12H18ClNOS/c1-14(8-10-16-2)7-9-15-12-5-3-11(13)4-6-12/h3-6H,7-10H2,1-2H3. The van der Waals surface area contributed by atoms with Crippen molar-refractivity contribution in [2.24, 2.45) is 0 Å². The van der Waals surface area contributed by atoms with Crippen LogP contribution in [0.15, 0.2) is 24.3 Å². The molecule has 1 aromatic rings. The van der Waals surface area contributed by atoms with Crippen LogP contribution in [0.5, 0.6) is 5.75 Å². The minimum absolute atomic E-state index is 0.715. The normalized spacial score (nSPS) is 10.8. The number of thioether (sulfide) groups is 1. The van der Waals surface area contributed by atoms with Crippen LogP contribution in [-0.4, -0.2) is 43.7 Å². The first kappa shape index (κ1) is 13.7. The molecule has 1 aromatic carbocycles. The number of halogens is 1. The highest BCUT2D eigenvalue weighted by Gasteiger charge is 1.98. The first-order valence-corrected chi connectivity index (χ1v) is 7.05. The third-order valence-electron chi connectivity index (χ3n) is 2.23. The summed E-state index contributed by atoms with van der Waals surface area (Å²) in [6.07, 6.45) is 2.12. The van der Waals surface area contributed by atoms with Gasteiger partial charge in [-0.1, -0.05) is 11.6 Å². The smallest absolute Gasteiger partial charge is 0.119 e. The van der Waals surface area contributed by atoms with E-state index in [1.54, 1.807) is 0 Å². The van der Waals surface area contributed by atoms with E-state index < -0.39 is 0 Å². The second-order valence-electron chi connectivity index (χ2n) is 3.60. The van der Waals surface area contributed by atoms with E-state index in [1.165, 1.54) is 0 Å². The molecule has 0 N–H and O–H groups in total. The van der Waals surface area contributed by atoms with Crippen LogP contribution >= 0.6 is 23.4 Å². The molecule has 0 unspecified atom stereocenters. The van der Waals surface area contributed by atoms with E-state index in [4.69, 9.17) is 16.3 Å². The maximum atomic E-state index is 5.79. The van der Waals surface area contributed by atoms with Gasteiger partial charge in [-0.05, 0) is 37.6 Å². The summed E-state index contributed by atoms with van der Waals surface area (Å²) in [7, 11) is 2.11. The molecule has 0 bridgehead atoms. The summed E-state index contributed by atoms with van der Waals surface area (Å²) in [5.41, 5.74) is 0. The number of hydrogen-bond donors (Lipinski definition) is 0. The van der Waals surface area contributed by atoms with Gasteiger partial charge in [-0.3, -0.25) is 0 Å². The molecule has 1 rings (SSSR count). The van der Waals surface area contributed by atoms with Crippen LogP contribution in [0.1, 0.15) is 0 Å². The van der Waals surface area contributed by atoms with E-state index in [0.717, 1.165) is 29.6 Å². The zero-order chi connectivity index (χ0) is 11.8. The maximum Gasteiger partial charge on any atom is 0.119 e. The zero-order valence-electron chi connectivity index (χ0n) is 9.78. The van der Waals surface area contributed by atoms with E-state index in [0.29, 0.717) is 6.61 Å². The van der Waals surface area contributed by atoms with Gasteiger partial charge in [0.15, 0.2) is 0 Å². The van der Waals surface area contributed by atoms with Crippen LogP contribution in [0.3, 0.4) is 0 Å². The second kappa shape index (κ2) is 7.82. The lowest BCUT2D eigenvalue weighted by Crippen LogP contribution is -2.26. The van der Waals surface area contributed by atoms with Crippen molar-refractivity contribution in [2.75, 3.05) is 38.8 Å². The monoisotopic (exact) mass is 259 g/mol. The fraction of sp³-hybridized carbons (Fsp3) is 0.500. The molecule has 0 aromatic heterocycles. The first-order valence-electron chi connectivity index (χ1n) is 5.28. The molecule has 0 aliphatic heterocycles. The lowest BCUT2D eigenvalue weighted by Gasteiger charge is -2.16. The minimum Gasteiger partial charge on any atom is -0.492 e. The summed E-state index contributed by atoms with van der Waals surface area (Å²) in [6.45, 7) is 2.76. The summed E-state index contributed by atoms with van der Waals surface area (Å²) in [5.74, 6) is 2.04. The maximum absolute atomic E-state index is 5.79. The highest BCUT2D eigenvalue weighted by Crippen LogP contribution is 2.15. The van der Waals surface area contributed by atoms with Gasteiger partial charge in [0.2, 0.25) is 0 Å². The van der Waals surface area contributed by atoms with Crippen molar-refractivity contribution >= 4 is 23.4 Å². The Morgan fingerprint density at radius 3 is 2.56 bits per heavy atom. The molecular weight excluding hydrogens is 242 g/mol. The number of ether oxygens (including phenoxy) is 1. The predicted octanol–water partition coefficient (Wildman–Crippen LogP) is 3.01. The molecule has 2 nitrogen and oxygen atoms in total.